The maximum Gasteiger partial charge on any atom is 0.339 e. The topological polar surface area (TPSA) is 145 Å². The van der Waals surface area contributed by atoms with E-state index in [2.05, 4.69) is 6.92 Å². The van der Waals surface area contributed by atoms with Gasteiger partial charge in [-0.2, -0.15) is 0 Å². The zero-order valence-electron chi connectivity index (χ0n) is 16.7. The van der Waals surface area contributed by atoms with Gasteiger partial charge in [0.25, 0.3) is 11.6 Å². The van der Waals surface area contributed by atoms with Crippen LogP contribution in [0.2, 0.25) is 0 Å². The normalized spacial score (nSPS) is 17.5. The number of primary amides is 1. The molecule has 1 aliphatic heterocycles. The minimum absolute atomic E-state index is 0.0527. The lowest BCUT2D eigenvalue weighted by atomic mass is 9.99. The number of benzene rings is 1. The Labute approximate surface area is 168 Å². The van der Waals surface area contributed by atoms with Gasteiger partial charge in [-0.3, -0.25) is 20.2 Å². The molecule has 0 spiro atoms. The second-order valence-corrected chi connectivity index (χ2v) is 7.58. The monoisotopic (exact) mass is 406 g/mol. The number of imide groups is 1. The van der Waals surface area contributed by atoms with Crippen molar-refractivity contribution in [2.45, 2.75) is 39.7 Å². The predicted molar refractivity (Wildman–Crippen MR) is 105 cm³/mol. The third-order valence-electron chi connectivity index (χ3n) is 4.75. The van der Waals surface area contributed by atoms with Crippen LogP contribution in [0.3, 0.4) is 0 Å². The number of hydrogen-bond donors (Lipinski definition) is 2. The number of nitrogens with one attached hydrogen (secondary N) is 1. The molecule has 0 saturated carbocycles. The molecule has 1 heterocycles. The summed E-state index contributed by atoms with van der Waals surface area (Å²) in [6, 6.07) is 3.06. The molecule has 1 fully saturated rings. The Morgan fingerprint density at radius 1 is 1.34 bits per heavy atom. The van der Waals surface area contributed by atoms with Crippen molar-refractivity contribution < 1.29 is 24.0 Å². The van der Waals surface area contributed by atoms with Crippen LogP contribution in [-0.4, -0.2) is 42.0 Å². The van der Waals surface area contributed by atoms with Gasteiger partial charge in [-0.1, -0.05) is 20.8 Å². The van der Waals surface area contributed by atoms with E-state index in [9.17, 15) is 24.5 Å². The fourth-order valence-electron chi connectivity index (χ4n) is 3.34. The lowest BCUT2D eigenvalue weighted by Crippen LogP contribution is -2.45. The first kappa shape index (κ1) is 22.1. The molecule has 29 heavy (non-hydrogen) atoms. The van der Waals surface area contributed by atoms with Crippen LogP contribution in [0.1, 0.15) is 44.0 Å². The summed E-state index contributed by atoms with van der Waals surface area (Å²) in [5.74, 6) is -1.77. The Balaban J connectivity index is 2.26. The molecule has 1 aromatic carbocycles. The average molecular weight is 406 g/mol. The summed E-state index contributed by atoms with van der Waals surface area (Å²) in [7, 11) is 0. The van der Waals surface area contributed by atoms with Gasteiger partial charge >= 0.3 is 12.0 Å². The summed E-state index contributed by atoms with van der Waals surface area (Å²) in [6.45, 7) is 6.75. The first-order chi connectivity index (χ1) is 13.6. The van der Waals surface area contributed by atoms with E-state index in [1.165, 1.54) is 12.1 Å². The minimum Gasteiger partial charge on any atom is -0.448 e. The van der Waals surface area contributed by atoms with Crippen LogP contribution < -0.4 is 16.0 Å². The molecule has 0 bridgehead atoms. The number of urea groups is 1. The highest BCUT2D eigenvalue weighted by atomic mass is 16.6. The van der Waals surface area contributed by atoms with Crippen LogP contribution >= 0.6 is 0 Å². The predicted octanol–water partition coefficient (Wildman–Crippen LogP) is 2.21. The van der Waals surface area contributed by atoms with Crippen molar-refractivity contribution in [3.8, 4) is 0 Å². The molecular weight excluding hydrogens is 380 g/mol. The van der Waals surface area contributed by atoms with Crippen molar-refractivity contribution in [3.63, 3.8) is 0 Å². The van der Waals surface area contributed by atoms with Gasteiger partial charge in [0.1, 0.15) is 5.69 Å². The van der Waals surface area contributed by atoms with Crippen molar-refractivity contribution in [3.05, 3.63) is 33.9 Å². The number of ether oxygens (including phenoxy) is 1. The molecule has 1 aliphatic rings. The van der Waals surface area contributed by atoms with E-state index in [1.807, 2.05) is 10.2 Å². The second kappa shape index (κ2) is 9.35. The highest BCUT2D eigenvalue weighted by Crippen LogP contribution is 2.32. The number of piperidine rings is 1. The third kappa shape index (κ3) is 5.66. The summed E-state index contributed by atoms with van der Waals surface area (Å²) in [4.78, 5) is 48.4. The molecule has 3 N–H and O–H groups in total. The number of nitrogens with two attached hydrogens (primary N) is 1. The first-order valence-electron chi connectivity index (χ1n) is 9.44. The Hall–Kier alpha value is -3.17. The van der Waals surface area contributed by atoms with Gasteiger partial charge < -0.3 is 15.4 Å². The number of anilines is 1. The lowest BCUT2D eigenvalue weighted by molar-refractivity contribution is -0.384. The standard InChI is InChI=1S/C19H26N4O6/c1-11(2)16(17(24)21-19(20)26)29-18(25)13-6-7-14(15(9-13)23(27)28)22-8-4-5-12(3)10-22/h6-7,9,11-12,16H,4-5,8,10H2,1-3H3,(H3,20,21,24,26)/t12-,16+/m1/s1. The van der Waals surface area contributed by atoms with Crippen LogP contribution in [0.5, 0.6) is 0 Å². The molecule has 1 aromatic rings. The van der Waals surface area contributed by atoms with Crippen LogP contribution in [-0.2, 0) is 9.53 Å². The van der Waals surface area contributed by atoms with Gasteiger partial charge in [-0.25, -0.2) is 9.59 Å². The summed E-state index contributed by atoms with van der Waals surface area (Å²) in [5, 5.41) is 13.5. The van der Waals surface area contributed by atoms with Crippen LogP contribution in [0, 0.1) is 22.0 Å². The Kier molecular flexibility index (Phi) is 7.13. The molecule has 158 valence electrons. The van der Waals surface area contributed by atoms with Gasteiger partial charge in [0.2, 0.25) is 0 Å². The van der Waals surface area contributed by atoms with Gasteiger partial charge in [0, 0.05) is 19.2 Å². The molecule has 2 atom stereocenters. The summed E-state index contributed by atoms with van der Waals surface area (Å²) in [5.41, 5.74) is 5.13. The Morgan fingerprint density at radius 3 is 2.59 bits per heavy atom. The molecule has 10 heteroatoms. The number of nitro benzene ring substituents is 1. The van der Waals surface area contributed by atoms with E-state index in [1.54, 1.807) is 13.8 Å². The maximum absolute atomic E-state index is 12.5. The summed E-state index contributed by atoms with van der Waals surface area (Å²) < 4.78 is 5.20. The van der Waals surface area contributed by atoms with Gasteiger partial charge in [0.15, 0.2) is 6.10 Å². The van der Waals surface area contributed by atoms with E-state index in [4.69, 9.17) is 10.5 Å². The van der Waals surface area contributed by atoms with E-state index >= 15 is 0 Å². The number of esters is 1. The van der Waals surface area contributed by atoms with Gasteiger partial charge in [-0.05, 0) is 36.8 Å². The van der Waals surface area contributed by atoms with Crippen molar-refractivity contribution in [2.24, 2.45) is 17.6 Å². The Morgan fingerprint density at radius 2 is 2.03 bits per heavy atom. The number of carbonyl (C=O) groups is 3. The number of rotatable bonds is 6. The van der Waals surface area contributed by atoms with Gasteiger partial charge in [-0.15, -0.1) is 0 Å². The average Bonchev–Trinajstić information content (AvgIpc) is 2.64. The van der Waals surface area contributed by atoms with E-state index in [0.29, 0.717) is 24.7 Å². The van der Waals surface area contributed by atoms with Gasteiger partial charge in [0.05, 0.1) is 10.5 Å². The van der Waals surface area contributed by atoms with Crippen LogP contribution in [0.25, 0.3) is 0 Å². The molecule has 0 aliphatic carbocycles. The molecule has 0 radical (unpaired) electrons. The zero-order chi connectivity index (χ0) is 21.7. The Bertz CT molecular complexity index is 810. The maximum atomic E-state index is 12.5. The lowest BCUT2D eigenvalue weighted by Gasteiger charge is -2.32. The molecule has 2 rings (SSSR count). The van der Waals surface area contributed by atoms with Crippen molar-refractivity contribution in [1.29, 1.82) is 0 Å². The highest BCUT2D eigenvalue weighted by molar-refractivity contribution is 5.98. The zero-order valence-corrected chi connectivity index (χ0v) is 16.7. The SMILES string of the molecule is CC(C)[C@H](OC(=O)c1ccc(N2CCC[C@@H](C)C2)c([N+](=O)[O-])c1)C(=O)NC(N)=O. The highest BCUT2D eigenvalue weighted by Gasteiger charge is 2.30. The van der Waals surface area contributed by atoms with Crippen LogP contribution in [0.4, 0.5) is 16.2 Å². The van der Waals surface area contributed by atoms with Crippen molar-refractivity contribution in [2.75, 3.05) is 18.0 Å². The number of amides is 3. The summed E-state index contributed by atoms with van der Waals surface area (Å²) in [6.07, 6.45) is 0.739. The summed E-state index contributed by atoms with van der Waals surface area (Å²) >= 11 is 0. The molecule has 0 unspecified atom stereocenters. The smallest absolute Gasteiger partial charge is 0.339 e. The molecule has 10 nitrogen and oxygen atoms in total. The van der Waals surface area contributed by atoms with E-state index < -0.39 is 34.9 Å². The first-order valence-corrected chi connectivity index (χ1v) is 9.44. The number of hydrogen-bond acceptors (Lipinski definition) is 7. The number of carbonyl (C=O) groups excluding carboxylic acids is 3. The van der Waals surface area contributed by atoms with E-state index in [-0.39, 0.29) is 11.3 Å². The molecule has 0 aromatic heterocycles. The third-order valence-corrected chi connectivity index (χ3v) is 4.75. The molecule has 1 saturated heterocycles. The molecular formula is C19H26N4O6. The van der Waals surface area contributed by atoms with Crippen molar-refractivity contribution >= 4 is 29.3 Å². The minimum atomic E-state index is -1.27. The largest absolute Gasteiger partial charge is 0.448 e. The molecule has 3 amide bonds. The second-order valence-electron chi connectivity index (χ2n) is 7.58. The fraction of sp³-hybridized carbons (Fsp3) is 0.526. The number of nitrogens with zero attached hydrogens (tertiary/aromatic N) is 2. The fourth-order valence-corrected chi connectivity index (χ4v) is 3.34. The van der Waals surface area contributed by atoms with E-state index in [0.717, 1.165) is 18.9 Å². The number of nitro groups is 1. The quantitative estimate of drug-likeness (QED) is 0.418. The van der Waals surface area contributed by atoms with Crippen LogP contribution in [0.15, 0.2) is 18.2 Å². The van der Waals surface area contributed by atoms with Crippen molar-refractivity contribution in [1.82, 2.24) is 5.32 Å².